The Hall–Kier alpha value is -2.93. The van der Waals surface area contributed by atoms with Crippen LogP contribution in [0.5, 0.6) is 23.0 Å². The van der Waals surface area contributed by atoms with Crippen LogP contribution in [0.15, 0.2) is 36.4 Å². The van der Waals surface area contributed by atoms with Crippen LogP contribution in [0, 0.1) is 5.92 Å². The number of hydrogen-bond acceptors (Lipinski definition) is 6. The highest BCUT2D eigenvalue weighted by molar-refractivity contribution is 5.70. The zero-order chi connectivity index (χ0) is 22.4. The van der Waals surface area contributed by atoms with Crippen molar-refractivity contribution in [1.29, 1.82) is 0 Å². The molecule has 0 aliphatic carbocycles. The zero-order valence-corrected chi connectivity index (χ0v) is 18.6. The Balaban J connectivity index is 2.08. The van der Waals surface area contributed by atoms with Crippen molar-refractivity contribution in [2.45, 2.75) is 25.8 Å². The van der Waals surface area contributed by atoms with Gasteiger partial charge < -0.3 is 24.1 Å². The minimum Gasteiger partial charge on any atom is -0.497 e. The van der Waals surface area contributed by atoms with E-state index in [2.05, 4.69) is 4.90 Å². The maximum Gasteiger partial charge on any atom is 0.306 e. The first-order valence-corrected chi connectivity index (χ1v) is 10.5. The van der Waals surface area contributed by atoms with Crippen LogP contribution in [0.3, 0.4) is 0 Å². The van der Waals surface area contributed by atoms with Crippen molar-refractivity contribution in [1.82, 2.24) is 4.90 Å². The summed E-state index contributed by atoms with van der Waals surface area (Å²) in [5, 5.41) is 9.42. The number of likely N-dealkylation sites (tertiary alicyclic amines) is 1. The van der Waals surface area contributed by atoms with E-state index in [1.165, 1.54) is 0 Å². The molecule has 1 aliphatic rings. The molecule has 2 aromatic rings. The van der Waals surface area contributed by atoms with Gasteiger partial charge in [0.15, 0.2) is 11.5 Å². The lowest BCUT2D eigenvalue weighted by atomic mass is 9.90. The predicted octanol–water partition coefficient (Wildman–Crippen LogP) is 4.00. The van der Waals surface area contributed by atoms with Crippen LogP contribution in [0.25, 0.3) is 0 Å². The Kier molecular flexibility index (Phi) is 7.63. The van der Waals surface area contributed by atoms with Gasteiger partial charge in [-0.3, -0.25) is 9.69 Å². The molecule has 0 radical (unpaired) electrons. The van der Waals surface area contributed by atoms with Gasteiger partial charge in [-0.15, -0.1) is 0 Å². The van der Waals surface area contributed by atoms with Crippen LogP contribution >= 0.6 is 0 Å². The fourth-order valence-electron chi connectivity index (χ4n) is 4.18. The monoisotopic (exact) mass is 429 g/mol. The third kappa shape index (κ3) is 5.05. The van der Waals surface area contributed by atoms with Crippen LogP contribution in [0.1, 0.15) is 36.9 Å². The summed E-state index contributed by atoms with van der Waals surface area (Å²) in [7, 11) is 4.91. The molecule has 1 atom stereocenters. The summed E-state index contributed by atoms with van der Waals surface area (Å²) in [5.41, 5.74) is 1.98. The maximum atomic E-state index is 11.5. The van der Waals surface area contributed by atoms with E-state index in [0.29, 0.717) is 44.0 Å². The number of piperidine rings is 1. The van der Waals surface area contributed by atoms with Gasteiger partial charge in [0.25, 0.3) is 0 Å². The molecule has 168 valence electrons. The minimum atomic E-state index is -0.724. The van der Waals surface area contributed by atoms with E-state index in [9.17, 15) is 9.90 Å². The Morgan fingerprint density at radius 2 is 1.68 bits per heavy atom. The second-order valence-electron chi connectivity index (χ2n) is 7.50. The zero-order valence-electron chi connectivity index (χ0n) is 18.6. The van der Waals surface area contributed by atoms with Gasteiger partial charge in [0.1, 0.15) is 11.5 Å². The number of carboxylic acids is 1. The van der Waals surface area contributed by atoms with Gasteiger partial charge in [0, 0.05) is 5.56 Å². The molecule has 3 rings (SSSR count). The van der Waals surface area contributed by atoms with Crippen molar-refractivity contribution in [3.05, 3.63) is 47.5 Å². The van der Waals surface area contributed by atoms with Crippen molar-refractivity contribution >= 4 is 5.97 Å². The first-order chi connectivity index (χ1) is 15.0. The van der Waals surface area contributed by atoms with Gasteiger partial charge in [0.05, 0.1) is 39.9 Å². The van der Waals surface area contributed by atoms with Crippen LogP contribution < -0.4 is 18.9 Å². The number of nitrogens with zero attached hydrogens (tertiary/aromatic N) is 1. The predicted molar refractivity (Wildman–Crippen MR) is 117 cm³/mol. The van der Waals surface area contributed by atoms with Gasteiger partial charge in [0.2, 0.25) is 0 Å². The lowest BCUT2D eigenvalue weighted by molar-refractivity contribution is -0.143. The van der Waals surface area contributed by atoms with E-state index in [-0.39, 0.29) is 12.0 Å². The summed E-state index contributed by atoms with van der Waals surface area (Å²) in [6.07, 6.45) is 1.21. The van der Waals surface area contributed by atoms with Crippen molar-refractivity contribution < 1.29 is 28.8 Å². The largest absolute Gasteiger partial charge is 0.497 e. The number of ether oxygens (including phenoxy) is 4. The molecule has 0 saturated carbocycles. The molecule has 0 bridgehead atoms. The molecule has 1 N–H and O–H groups in total. The highest BCUT2D eigenvalue weighted by atomic mass is 16.5. The number of benzene rings is 2. The van der Waals surface area contributed by atoms with E-state index >= 15 is 0 Å². The second-order valence-corrected chi connectivity index (χ2v) is 7.50. The number of rotatable bonds is 9. The Labute approximate surface area is 183 Å². The second kappa shape index (κ2) is 10.4. The van der Waals surface area contributed by atoms with Crippen LogP contribution in [0.4, 0.5) is 0 Å². The van der Waals surface area contributed by atoms with Gasteiger partial charge in [-0.2, -0.15) is 0 Å². The number of aliphatic carboxylic acids is 1. The number of carboxylic acid groups (broad SMARTS) is 1. The molecule has 1 fully saturated rings. The SMILES string of the molecule is CCOc1cc(C(c2cc(OC)ccc2OC)N2CCC(C(=O)O)CC2)ccc1OC. The van der Waals surface area contributed by atoms with Gasteiger partial charge in [-0.1, -0.05) is 6.07 Å². The molecule has 1 heterocycles. The average molecular weight is 430 g/mol. The first kappa shape index (κ1) is 22.7. The summed E-state index contributed by atoms with van der Waals surface area (Å²) in [6.45, 7) is 3.79. The number of carbonyl (C=O) groups is 1. The normalized spacial score (nSPS) is 15.9. The summed E-state index contributed by atoms with van der Waals surface area (Å²) >= 11 is 0. The molecule has 7 heteroatoms. The topological polar surface area (TPSA) is 77.5 Å². The third-order valence-corrected chi connectivity index (χ3v) is 5.78. The molecule has 0 spiro atoms. The van der Waals surface area contributed by atoms with E-state index in [1.54, 1.807) is 21.3 Å². The van der Waals surface area contributed by atoms with Crippen molar-refractivity contribution in [2.75, 3.05) is 41.0 Å². The molecule has 0 amide bonds. The smallest absolute Gasteiger partial charge is 0.306 e. The molecule has 7 nitrogen and oxygen atoms in total. The third-order valence-electron chi connectivity index (χ3n) is 5.78. The Morgan fingerprint density at radius 3 is 2.26 bits per heavy atom. The Morgan fingerprint density at radius 1 is 1.00 bits per heavy atom. The first-order valence-electron chi connectivity index (χ1n) is 10.5. The molecular formula is C24H31NO6. The molecule has 1 unspecified atom stereocenters. The highest BCUT2D eigenvalue weighted by Crippen LogP contribution is 2.41. The average Bonchev–Trinajstić information content (AvgIpc) is 2.80. The fraction of sp³-hybridized carbons (Fsp3) is 0.458. The van der Waals surface area contributed by atoms with Crippen LogP contribution in [0.2, 0.25) is 0 Å². The molecular weight excluding hydrogens is 398 g/mol. The van der Waals surface area contributed by atoms with Gasteiger partial charge in [-0.05, 0) is 68.8 Å². The van der Waals surface area contributed by atoms with Crippen LogP contribution in [-0.2, 0) is 4.79 Å². The van der Waals surface area contributed by atoms with E-state index in [0.717, 1.165) is 22.6 Å². The fourth-order valence-corrected chi connectivity index (χ4v) is 4.18. The minimum absolute atomic E-state index is 0.148. The van der Waals surface area contributed by atoms with Crippen molar-refractivity contribution in [3.8, 4) is 23.0 Å². The maximum absolute atomic E-state index is 11.5. The van der Waals surface area contributed by atoms with Crippen molar-refractivity contribution in [3.63, 3.8) is 0 Å². The molecule has 1 aliphatic heterocycles. The lowest BCUT2D eigenvalue weighted by Gasteiger charge is -2.37. The summed E-state index contributed by atoms with van der Waals surface area (Å²) in [6, 6.07) is 11.5. The highest BCUT2D eigenvalue weighted by Gasteiger charge is 2.32. The quantitative estimate of drug-likeness (QED) is 0.646. The molecule has 31 heavy (non-hydrogen) atoms. The lowest BCUT2D eigenvalue weighted by Crippen LogP contribution is -2.39. The van der Waals surface area contributed by atoms with E-state index in [4.69, 9.17) is 18.9 Å². The standard InChI is InChI=1S/C24H31NO6/c1-5-31-22-14-17(6-8-21(22)30-4)23(25-12-10-16(11-13-25)24(26)27)19-15-18(28-2)7-9-20(19)29-3/h6-9,14-16,23H,5,10-13H2,1-4H3,(H,26,27). The summed E-state index contributed by atoms with van der Waals surface area (Å²) in [4.78, 5) is 13.8. The van der Waals surface area contributed by atoms with E-state index < -0.39 is 5.97 Å². The summed E-state index contributed by atoms with van der Waals surface area (Å²) < 4.78 is 22.4. The van der Waals surface area contributed by atoms with Crippen molar-refractivity contribution in [2.24, 2.45) is 5.92 Å². The van der Waals surface area contributed by atoms with Gasteiger partial charge in [-0.25, -0.2) is 0 Å². The number of hydrogen-bond donors (Lipinski definition) is 1. The molecule has 2 aromatic carbocycles. The van der Waals surface area contributed by atoms with Gasteiger partial charge >= 0.3 is 5.97 Å². The number of methoxy groups -OCH3 is 3. The molecule has 1 saturated heterocycles. The van der Waals surface area contributed by atoms with Crippen LogP contribution in [-0.4, -0.2) is 57.0 Å². The Bertz CT molecular complexity index is 892. The summed E-state index contributed by atoms with van der Waals surface area (Å²) in [5.74, 6) is 1.80. The molecule has 0 aromatic heterocycles. The van der Waals surface area contributed by atoms with E-state index in [1.807, 2.05) is 43.3 Å².